The molecule has 0 aromatic heterocycles. The lowest BCUT2D eigenvalue weighted by Gasteiger charge is -2.31. The first kappa shape index (κ1) is 15.6. The lowest BCUT2D eigenvalue weighted by atomic mass is 9.81. The van der Waals surface area contributed by atoms with Crippen LogP contribution in [0, 0.1) is 11.3 Å². The molecule has 2 unspecified atom stereocenters. The zero-order chi connectivity index (χ0) is 14.8. The molecule has 4 atom stereocenters. The predicted octanol–water partition coefficient (Wildman–Crippen LogP) is 1.91. The molecule has 2 heterocycles. The van der Waals surface area contributed by atoms with E-state index in [1.54, 1.807) is 0 Å². The van der Waals surface area contributed by atoms with Gasteiger partial charge < -0.3 is 20.1 Å². The first-order valence-corrected chi connectivity index (χ1v) is 7.65. The van der Waals surface area contributed by atoms with Gasteiger partial charge >= 0.3 is 6.03 Å². The molecule has 2 N–H and O–H groups in total. The number of rotatable bonds is 3. The molecule has 116 valence electrons. The van der Waals surface area contributed by atoms with E-state index < -0.39 is 0 Å². The van der Waals surface area contributed by atoms with E-state index in [-0.39, 0.29) is 29.7 Å². The number of ether oxygens (including phenoxy) is 2. The minimum absolute atomic E-state index is 0.0908. The molecule has 0 aromatic rings. The molecule has 0 spiro atoms. The van der Waals surface area contributed by atoms with Crippen molar-refractivity contribution in [2.45, 2.75) is 58.8 Å². The second-order valence-corrected chi connectivity index (χ2v) is 7.03. The molecule has 0 saturated carbocycles. The molecule has 2 aliphatic rings. The Hall–Kier alpha value is -0.810. The van der Waals surface area contributed by atoms with Crippen LogP contribution in [0.4, 0.5) is 4.79 Å². The highest BCUT2D eigenvalue weighted by molar-refractivity contribution is 5.74. The lowest BCUT2D eigenvalue weighted by molar-refractivity contribution is 0.00772. The molecule has 2 aliphatic heterocycles. The molecule has 0 aromatic carbocycles. The normalized spacial score (nSPS) is 34.2. The Balaban J connectivity index is 1.75. The van der Waals surface area contributed by atoms with Gasteiger partial charge in [0.05, 0.1) is 18.2 Å². The summed E-state index contributed by atoms with van der Waals surface area (Å²) in [5.41, 5.74) is 0.118. The molecule has 5 nitrogen and oxygen atoms in total. The van der Waals surface area contributed by atoms with Crippen LogP contribution < -0.4 is 10.6 Å². The van der Waals surface area contributed by atoms with Crippen LogP contribution >= 0.6 is 0 Å². The molecule has 2 saturated heterocycles. The molecule has 20 heavy (non-hydrogen) atoms. The van der Waals surface area contributed by atoms with E-state index in [1.165, 1.54) is 0 Å². The summed E-state index contributed by atoms with van der Waals surface area (Å²) in [7, 11) is 0. The minimum Gasteiger partial charge on any atom is -0.377 e. The topological polar surface area (TPSA) is 59.6 Å². The second kappa shape index (κ2) is 6.31. The van der Waals surface area contributed by atoms with Crippen molar-refractivity contribution in [1.82, 2.24) is 10.6 Å². The van der Waals surface area contributed by atoms with Crippen molar-refractivity contribution >= 4 is 6.03 Å². The van der Waals surface area contributed by atoms with Gasteiger partial charge in [-0.15, -0.1) is 0 Å². The van der Waals surface area contributed by atoms with Crippen molar-refractivity contribution in [3.05, 3.63) is 0 Å². The number of carbonyl (C=O) groups is 1. The van der Waals surface area contributed by atoms with Gasteiger partial charge in [-0.05, 0) is 25.2 Å². The SMILES string of the molecule is CC1OCCC1NC(=O)NC[C@H]1CCO[C@@H]1C(C)(C)C. The average molecular weight is 284 g/mol. The van der Waals surface area contributed by atoms with Crippen molar-refractivity contribution in [2.75, 3.05) is 19.8 Å². The molecule has 0 aliphatic carbocycles. The van der Waals surface area contributed by atoms with Gasteiger partial charge in [-0.25, -0.2) is 4.79 Å². The van der Waals surface area contributed by atoms with Gasteiger partial charge in [-0.3, -0.25) is 0 Å². The third-order valence-corrected chi connectivity index (χ3v) is 4.29. The Morgan fingerprint density at radius 3 is 2.50 bits per heavy atom. The lowest BCUT2D eigenvalue weighted by Crippen LogP contribution is -2.47. The zero-order valence-electron chi connectivity index (χ0n) is 13.1. The van der Waals surface area contributed by atoms with Crippen LogP contribution in [0.2, 0.25) is 0 Å². The zero-order valence-corrected chi connectivity index (χ0v) is 13.1. The molecule has 2 fully saturated rings. The largest absolute Gasteiger partial charge is 0.377 e. The van der Waals surface area contributed by atoms with Gasteiger partial charge in [-0.1, -0.05) is 20.8 Å². The summed E-state index contributed by atoms with van der Waals surface area (Å²) in [4.78, 5) is 11.9. The number of nitrogens with one attached hydrogen (secondary N) is 2. The monoisotopic (exact) mass is 284 g/mol. The fourth-order valence-corrected chi connectivity index (χ4v) is 3.16. The molecule has 2 amide bonds. The maximum atomic E-state index is 11.9. The molecule has 0 bridgehead atoms. The quantitative estimate of drug-likeness (QED) is 0.832. The average Bonchev–Trinajstić information content (AvgIpc) is 2.96. The Kier molecular flexibility index (Phi) is 4.91. The highest BCUT2D eigenvalue weighted by Crippen LogP contribution is 2.34. The highest BCUT2D eigenvalue weighted by Gasteiger charge is 2.37. The fraction of sp³-hybridized carbons (Fsp3) is 0.933. The van der Waals surface area contributed by atoms with Crippen molar-refractivity contribution in [1.29, 1.82) is 0 Å². The molecule has 5 heteroatoms. The van der Waals surface area contributed by atoms with Crippen molar-refractivity contribution in [2.24, 2.45) is 11.3 Å². The van der Waals surface area contributed by atoms with E-state index in [1.807, 2.05) is 6.92 Å². The first-order valence-electron chi connectivity index (χ1n) is 7.65. The van der Waals surface area contributed by atoms with E-state index in [0.29, 0.717) is 12.5 Å². The second-order valence-electron chi connectivity index (χ2n) is 7.03. The van der Waals surface area contributed by atoms with Crippen molar-refractivity contribution in [3.63, 3.8) is 0 Å². The molecular weight excluding hydrogens is 256 g/mol. The molecule has 2 rings (SSSR count). The third-order valence-electron chi connectivity index (χ3n) is 4.29. The van der Waals surface area contributed by atoms with Crippen LogP contribution in [-0.4, -0.2) is 44.0 Å². The fourth-order valence-electron chi connectivity index (χ4n) is 3.16. The van der Waals surface area contributed by atoms with Crippen LogP contribution in [0.15, 0.2) is 0 Å². The summed E-state index contributed by atoms with van der Waals surface area (Å²) in [6, 6.07) is 0.0418. The van der Waals surface area contributed by atoms with Crippen LogP contribution in [0.1, 0.15) is 40.5 Å². The summed E-state index contributed by atoms with van der Waals surface area (Å²) in [5, 5.41) is 5.98. The van der Waals surface area contributed by atoms with Gasteiger partial charge in [0, 0.05) is 25.7 Å². The third kappa shape index (κ3) is 3.85. The van der Waals surface area contributed by atoms with Gasteiger partial charge in [-0.2, -0.15) is 0 Å². The summed E-state index contributed by atoms with van der Waals surface area (Å²) in [6.45, 7) is 10.8. The maximum absolute atomic E-state index is 11.9. The smallest absolute Gasteiger partial charge is 0.315 e. The van der Waals surface area contributed by atoms with Crippen molar-refractivity contribution < 1.29 is 14.3 Å². The Labute approximate surface area is 121 Å². The predicted molar refractivity (Wildman–Crippen MR) is 77.7 cm³/mol. The van der Waals surface area contributed by atoms with Crippen molar-refractivity contribution in [3.8, 4) is 0 Å². The number of hydrogen-bond acceptors (Lipinski definition) is 3. The summed E-state index contributed by atoms with van der Waals surface area (Å²) < 4.78 is 11.3. The van der Waals surface area contributed by atoms with Crippen LogP contribution in [0.3, 0.4) is 0 Å². The Bertz CT molecular complexity index is 341. The molecule has 0 radical (unpaired) electrons. The number of urea groups is 1. The van der Waals surface area contributed by atoms with Gasteiger partial charge in [0.1, 0.15) is 0 Å². The minimum atomic E-state index is -0.0908. The summed E-state index contributed by atoms with van der Waals surface area (Å²) in [6.07, 6.45) is 2.24. The van der Waals surface area contributed by atoms with E-state index in [0.717, 1.165) is 26.1 Å². The molecular formula is C15H28N2O3. The van der Waals surface area contributed by atoms with Crippen LogP contribution in [0.25, 0.3) is 0 Å². The maximum Gasteiger partial charge on any atom is 0.315 e. The summed E-state index contributed by atoms with van der Waals surface area (Å²) >= 11 is 0. The van der Waals surface area contributed by atoms with Gasteiger partial charge in [0.2, 0.25) is 0 Å². The number of hydrogen-bond donors (Lipinski definition) is 2. The number of amides is 2. The Morgan fingerprint density at radius 1 is 1.20 bits per heavy atom. The van der Waals surface area contributed by atoms with Crippen LogP contribution in [0.5, 0.6) is 0 Å². The highest BCUT2D eigenvalue weighted by atomic mass is 16.5. The van der Waals surface area contributed by atoms with Gasteiger partial charge in [0.25, 0.3) is 0 Å². The Morgan fingerprint density at radius 2 is 1.90 bits per heavy atom. The van der Waals surface area contributed by atoms with E-state index in [4.69, 9.17) is 9.47 Å². The van der Waals surface area contributed by atoms with Crippen LogP contribution in [-0.2, 0) is 9.47 Å². The number of carbonyl (C=O) groups excluding carboxylic acids is 1. The van der Waals surface area contributed by atoms with E-state index in [2.05, 4.69) is 31.4 Å². The summed E-state index contributed by atoms with van der Waals surface area (Å²) in [5.74, 6) is 0.401. The van der Waals surface area contributed by atoms with E-state index >= 15 is 0 Å². The van der Waals surface area contributed by atoms with Gasteiger partial charge in [0.15, 0.2) is 0 Å². The van der Waals surface area contributed by atoms with E-state index in [9.17, 15) is 4.79 Å². The first-order chi connectivity index (χ1) is 9.38. The standard InChI is InChI=1S/C15H28N2O3/c1-10-12(6-8-19-10)17-14(18)16-9-11-5-7-20-13(11)15(2,3)4/h10-13H,5-9H2,1-4H3,(H2,16,17,18)/t10?,11-,12?,13+/m1/s1.